The third-order valence-corrected chi connectivity index (χ3v) is 5.74. The lowest BCUT2D eigenvalue weighted by Gasteiger charge is -2.18. The van der Waals surface area contributed by atoms with Gasteiger partial charge in [-0.1, -0.05) is 12.1 Å². The number of carbonyl (C=O) groups is 2. The summed E-state index contributed by atoms with van der Waals surface area (Å²) in [6.07, 6.45) is -0.550. The van der Waals surface area contributed by atoms with Crippen molar-refractivity contribution in [2.24, 2.45) is 0 Å². The zero-order valence-corrected chi connectivity index (χ0v) is 16.6. The average molecular weight is 421 g/mol. The van der Waals surface area contributed by atoms with Gasteiger partial charge in [0.1, 0.15) is 12.4 Å². The molecule has 1 aliphatic heterocycles. The molecule has 0 spiro atoms. The first-order valence-corrected chi connectivity index (χ1v) is 10.3. The van der Waals surface area contributed by atoms with Crippen LogP contribution in [-0.2, 0) is 14.8 Å². The van der Waals surface area contributed by atoms with Crippen molar-refractivity contribution in [1.82, 2.24) is 4.72 Å². The topological polar surface area (TPSA) is 105 Å². The quantitative estimate of drug-likeness (QED) is 0.746. The second kappa shape index (κ2) is 8.18. The fraction of sp³-hybridized carbons (Fsp3) is 0.263. The van der Waals surface area contributed by atoms with Crippen LogP contribution in [0.5, 0.6) is 0 Å². The number of anilines is 2. The molecule has 2 amide bonds. The number of para-hydroxylation sites is 2. The molecule has 0 aromatic heterocycles. The number of rotatable bonds is 6. The summed E-state index contributed by atoms with van der Waals surface area (Å²) in [7, 11) is -3.90. The van der Waals surface area contributed by atoms with Gasteiger partial charge in [0.15, 0.2) is 0 Å². The number of hydrogen-bond acceptors (Lipinski definition) is 5. The third kappa shape index (κ3) is 4.54. The van der Waals surface area contributed by atoms with Crippen molar-refractivity contribution in [1.29, 1.82) is 0 Å². The van der Waals surface area contributed by atoms with E-state index < -0.39 is 33.4 Å². The largest absolute Gasteiger partial charge is 0.447 e. The standard InChI is InChI=1S/C19H20FN3O5S/c1-12(2)22-29(26,27)13-7-8-15(20)14(11-13)18(24)21-16-5-3-4-6-17(16)23-9-10-28-19(23)25/h3-8,11-12,22H,9-10H2,1-2H3,(H,21,24). The van der Waals surface area contributed by atoms with Crippen molar-refractivity contribution in [2.75, 3.05) is 23.4 Å². The monoisotopic (exact) mass is 421 g/mol. The van der Waals surface area contributed by atoms with Gasteiger partial charge in [0.2, 0.25) is 10.0 Å². The lowest BCUT2D eigenvalue weighted by molar-refractivity contribution is 0.102. The number of hydrogen-bond donors (Lipinski definition) is 2. The molecule has 1 heterocycles. The Labute approximate surface area is 167 Å². The number of ether oxygens (including phenoxy) is 1. The first-order chi connectivity index (χ1) is 13.7. The molecule has 3 rings (SSSR count). The molecule has 29 heavy (non-hydrogen) atoms. The van der Waals surface area contributed by atoms with Crippen molar-refractivity contribution in [3.8, 4) is 0 Å². The Balaban J connectivity index is 1.91. The van der Waals surface area contributed by atoms with Crippen LogP contribution in [-0.4, -0.2) is 39.6 Å². The molecular formula is C19H20FN3O5S. The summed E-state index contributed by atoms with van der Waals surface area (Å²) >= 11 is 0. The number of nitrogens with zero attached hydrogens (tertiary/aromatic N) is 1. The second-order valence-electron chi connectivity index (χ2n) is 6.65. The van der Waals surface area contributed by atoms with Crippen molar-refractivity contribution in [3.63, 3.8) is 0 Å². The molecule has 10 heteroatoms. The van der Waals surface area contributed by atoms with Gasteiger partial charge in [-0.25, -0.2) is 22.3 Å². The van der Waals surface area contributed by atoms with E-state index in [1.807, 2.05) is 0 Å². The minimum Gasteiger partial charge on any atom is -0.447 e. The van der Waals surface area contributed by atoms with Gasteiger partial charge in [-0.15, -0.1) is 0 Å². The first kappa shape index (κ1) is 20.7. The summed E-state index contributed by atoms with van der Waals surface area (Å²) < 4.78 is 46.2. The van der Waals surface area contributed by atoms with Crippen LogP contribution in [0, 0.1) is 5.82 Å². The lowest BCUT2D eigenvalue weighted by Crippen LogP contribution is -2.30. The number of amides is 2. The van der Waals surface area contributed by atoms with Crippen molar-refractivity contribution in [3.05, 3.63) is 53.8 Å². The fourth-order valence-electron chi connectivity index (χ4n) is 2.84. The van der Waals surface area contributed by atoms with E-state index >= 15 is 0 Å². The van der Waals surface area contributed by atoms with Crippen molar-refractivity contribution < 1.29 is 27.1 Å². The highest BCUT2D eigenvalue weighted by Crippen LogP contribution is 2.29. The van der Waals surface area contributed by atoms with Gasteiger partial charge in [0, 0.05) is 6.04 Å². The van der Waals surface area contributed by atoms with Crippen LogP contribution in [0.15, 0.2) is 47.4 Å². The number of cyclic esters (lactones) is 1. The Hall–Kier alpha value is -2.98. The predicted molar refractivity (Wildman–Crippen MR) is 105 cm³/mol. The van der Waals surface area contributed by atoms with Crippen LogP contribution in [0.4, 0.5) is 20.6 Å². The Morgan fingerprint density at radius 3 is 2.59 bits per heavy atom. The van der Waals surface area contributed by atoms with Gasteiger partial charge in [-0.05, 0) is 44.2 Å². The van der Waals surface area contributed by atoms with Crippen LogP contribution in [0.3, 0.4) is 0 Å². The molecule has 1 aliphatic rings. The van der Waals surface area contributed by atoms with E-state index in [2.05, 4.69) is 10.0 Å². The highest BCUT2D eigenvalue weighted by Gasteiger charge is 2.27. The van der Waals surface area contributed by atoms with Crippen LogP contribution in [0.1, 0.15) is 24.2 Å². The predicted octanol–water partition coefficient (Wildman–Crippen LogP) is 2.72. The van der Waals surface area contributed by atoms with Crippen molar-refractivity contribution >= 4 is 33.4 Å². The maximum absolute atomic E-state index is 14.3. The second-order valence-corrected chi connectivity index (χ2v) is 8.37. The van der Waals surface area contributed by atoms with Gasteiger partial charge in [0.05, 0.1) is 28.4 Å². The number of nitrogens with one attached hydrogen (secondary N) is 2. The maximum Gasteiger partial charge on any atom is 0.414 e. The molecule has 154 valence electrons. The molecule has 2 aromatic carbocycles. The Kier molecular flexibility index (Phi) is 5.85. The first-order valence-electron chi connectivity index (χ1n) is 8.85. The van der Waals surface area contributed by atoms with Crippen molar-refractivity contribution in [2.45, 2.75) is 24.8 Å². The Morgan fingerprint density at radius 1 is 1.21 bits per heavy atom. The van der Waals surface area contributed by atoms with E-state index in [1.54, 1.807) is 38.1 Å². The smallest absolute Gasteiger partial charge is 0.414 e. The van der Waals surface area contributed by atoms with Crippen LogP contribution in [0.2, 0.25) is 0 Å². The molecule has 0 bridgehead atoms. The molecule has 0 atom stereocenters. The summed E-state index contributed by atoms with van der Waals surface area (Å²) in [5.41, 5.74) is 0.230. The van der Waals surface area contributed by atoms with E-state index in [1.165, 1.54) is 4.90 Å². The minimum absolute atomic E-state index is 0.221. The van der Waals surface area contributed by atoms with Crippen LogP contribution < -0.4 is 14.9 Å². The highest BCUT2D eigenvalue weighted by molar-refractivity contribution is 7.89. The zero-order valence-electron chi connectivity index (χ0n) is 15.8. The fourth-order valence-corrected chi connectivity index (χ4v) is 4.12. The van der Waals surface area contributed by atoms with E-state index in [4.69, 9.17) is 4.74 Å². The summed E-state index contributed by atoms with van der Waals surface area (Å²) in [6.45, 7) is 3.83. The summed E-state index contributed by atoms with van der Waals surface area (Å²) in [4.78, 5) is 25.6. The molecule has 8 nitrogen and oxygen atoms in total. The molecule has 0 radical (unpaired) electrons. The SMILES string of the molecule is CC(C)NS(=O)(=O)c1ccc(F)c(C(=O)Nc2ccccc2N2CCOC2=O)c1. The third-order valence-electron chi connectivity index (χ3n) is 4.09. The van der Waals surface area contributed by atoms with Gasteiger partial charge in [-0.3, -0.25) is 9.69 Å². The van der Waals surface area contributed by atoms with Crippen LogP contribution in [0.25, 0.3) is 0 Å². The highest BCUT2D eigenvalue weighted by atomic mass is 32.2. The molecule has 2 N–H and O–H groups in total. The van der Waals surface area contributed by atoms with Gasteiger partial charge in [-0.2, -0.15) is 0 Å². The molecule has 0 aliphatic carbocycles. The van der Waals surface area contributed by atoms with Gasteiger partial charge < -0.3 is 10.1 Å². The summed E-state index contributed by atoms with van der Waals surface area (Å²) in [5.74, 6) is -1.71. The van der Waals surface area contributed by atoms with E-state index in [-0.39, 0.29) is 23.2 Å². The van der Waals surface area contributed by atoms with E-state index in [0.717, 1.165) is 18.2 Å². The minimum atomic E-state index is -3.90. The van der Waals surface area contributed by atoms with E-state index in [0.29, 0.717) is 12.2 Å². The van der Waals surface area contributed by atoms with E-state index in [9.17, 15) is 22.4 Å². The molecule has 0 unspecified atom stereocenters. The summed E-state index contributed by atoms with van der Waals surface area (Å²) in [6, 6.07) is 9.12. The number of halogens is 1. The normalized spacial score (nSPS) is 14.2. The Bertz CT molecular complexity index is 1060. The molecule has 0 saturated carbocycles. The number of benzene rings is 2. The number of carbonyl (C=O) groups excluding carboxylic acids is 2. The molecular weight excluding hydrogens is 401 g/mol. The number of sulfonamides is 1. The zero-order chi connectivity index (χ0) is 21.2. The maximum atomic E-state index is 14.3. The Morgan fingerprint density at radius 2 is 1.93 bits per heavy atom. The van der Waals surface area contributed by atoms with Crippen LogP contribution >= 0.6 is 0 Å². The van der Waals surface area contributed by atoms with Gasteiger partial charge in [0.25, 0.3) is 5.91 Å². The average Bonchev–Trinajstić information content (AvgIpc) is 3.07. The van der Waals surface area contributed by atoms with Gasteiger partial charge >= 0.3 is 6.09 Å². The lowest BCUT2D eigenvalue weighted by atomic mass is 10.2. The molecule has 2 aromatic rings. The summed E-state index contributed by atoms with van der Waals surface area (Å²) in [5, 5.41) is 2.54. The molecule has 1 fully saturated rings. The molecule has 1 saturated heterocycles.